The second-order valence-corrected chi connectivity index (χ2v) is 5.58. The van der Waals surface area contributed by atoms with Crippen LogP contribution in [0, 0.1) is 11.8 Å². The number of carbonyl (C=O) groups excluding carboxylic acids is 1. The first-order valence-electron chi connectivity index (χ1n) is 5.84. The molecule has 1 saturated carbocycles. The smallest absolute Gasteiger partial charge is 0.136 e. The lowest BCUT2D eigenvalue weighted by Crippen LogP contribution is -2.07. The highest BCUT2D eigenvalue weighted by Gasteiger charge is 2.23. The van der Waals surface area contributed by atoms with Crippen molar-refractivity contribution in [2.75, 3.05) is 11.5 Å². The zero-order valence-corrected chi connectivity index (χ0v) is 10.2. The summed E-state index contributed by atoms with van der Waals surface area (Å²) < 4.78 is 0. The Hall–Kier alpha value is 0.0200. The number of hydrogen-bond acceptors (Lipinski definition) is 2. The molecule has 2 unspecified atom stereocenters. The molecule has 0 radical (unpaired) electrons. The van der Waals surface area contributed by atoms with Crippen molar-refractivity contribution in [1.29, 1.82) is 0 Å². The molecule has 0 aromatic carbocycles. The van der Waals surface area contributed by atoms with E-state index in [1.54, 1.807) is 0 Å². The van der Waals surface area contributed by atoms with E-state index in [2.05, 4.69) is 13.8 Å². The van der Waals surface area contributed by atoms with Crippen molar-refractivity contribution >= 4 is 17.5 Å². The van der Waals surface area contributed by atoms with E-state index in [-0.39, 0.29) is 0 Å². The highest BCUT2D eigenvalue weighted by atomic mass is 32.2. The summed E-state index contributed by atoms with van der Waals surface area (Å²) in [5.41, 5.74) is 0. The molecule has 1 aliphatic rings. The average Bonchev–Trinajstić information content (AvgIpc) is 2.58. The number of ketones is 1. The van der Waals surface area contributed by atoms with Crippen LogP contribution in [-0.4, -0.2) is 17.3 Å². The van der Waals surface area contributed by atoms with Crippen molar-refractivity contribution < 1.29 is 4.79 Å². The molecule has 2 heteroatoms. The number of thioether (sulfide) groups is 1. The Morgan fingerprint density at radius 1 is 1.57 bits per heavy atom. The van der Waals surface area contributed by atoms with Crippen LogP contribution in [0.1, 0.15) is 46.0 Å². The van der Waals surface area contributed by atoms with Gasteiger partial charge in [0.25, 0.3) is 0 Å². The minimum absolute atomic E-state index is 0.416. The van der Waals surface area contributed by atoms with Crippen molar-refractivity contribution in [2.45, 2.75) is 46.0 Å². The van der Waals surface area contributed by atoms with Gasteiger partial charge in [0.1, 0.15) is 5.78 Å². The molecular weight excluding hydrogens is 192 g/mol. The zero-order valence-electron chi connectivity index (χ0n) is 9.42. The highest BCUT2D eigenvalue weighted by molar-refractivity contribution is 7.99. The van der Waals surface area contributed by atoms with Crippen LogP contribution in [-0.2, 0) is 4.79 Å². The molecule has 14 heavy (non-hydrogen) atoms. The molecule has 0 aromatic rings. The van der Waals surface area contributed by atoms with Crippen molar-refractivity contribution in [3.63, 3.8) is 0 Å². The molecule has 1 nitrogen and oxygen atoms in total. The standard InChI is InChI=1S/C12H22OS/c1-3-10(2)9-14-8-7-11-5-4-6-12(11)13/h10-11H,3-9H2,1-2H3. The SMILES string of the molecule is CCC(C)CSCCC1CCCC1=O. The van der Waals surface area contributed by atoms with E-state index in [1.165, 1.54) is 17.9 Å². The van der Waals surface area contributed by atoms with Crippen LogP contribution in [0.5, 0.6) is 0 Å². The molecule has 0 N–H and O–H groups in total. The first-order valence-corrected chi connectivity index (χ1v) is 7.00. The monoisotopic (exact) mass is 214 g/mol. The van der Waals surface area contributed by atoms with Crippen LogP contribution in [0.25, 0.3) is 0 Å². The van der Waals surface area contributed by atoms with E-state index in [1.807, 2.05) is 11.8 Å². The van der Waals surface area contributed by atoms with Crippen LogP contribution in [0.3, 0.4) is 0 Å². The minimum atomic E-state index is 0.416. The van der Waals surface area contributed by atoms with Gasteiger partial charge in [0, 0.05) is 12.3 Å². The molecule has 0 saturated heterocycles. The van der Waals surface area contributed by atoms with Crippen LogP contribution in [0.15, 0.2) is 0 Å². The van der Waals surface area contributed by atoms with Gasteiger partial charge < -0.3 is 0 Å². The first kappa shape index (κ1) is 12.1. The van der Waals surface area contributed by atoms with Crippen molar-refractivity contribution in [2.24, 2.45) is 11.8 Å². The molecular formula is C12H22OS. The van der Waals surface area contributed by atoms with Gasteiger partial charge in [-0.1, -0.05) is 20.3 Å². The third kappa shape index (κ3) is 4.04. The van der Waals surface area contributed by atoms with Gasteiger partial charge in [-0.25, -0.2) is 0 Å². The summed E-state index contributed by atoms with van der Waals surface area (Å²) in [6, 6.07) is 0. The Morgan fingerprint density at radius 2 is 2.36 bits per heavy atom. The maximum Gasteiger partial charge on any atom is 0.136 e. The van der Waals surface area contributed by atoms with Gasteiger partial charge in [0.15, 0.2) is 0 Å². The summed E-state index contributed by atoms with van der Waals surface area (Å²) in [6.07, 6.45) is 5.54. The molecule has 2 atom stereocenters. The fraction of sp³-hybridized carbons (Fsp3) is 0.917. The number of Topliss-reactive ketones (excluding diaryl/α,β-unsaturated/α-hetero) is 1. The van der Waals surface area contributed by atoms with Gasteiger partial charge >= 0.3 is 0 Å². The predicted molar refractivity (Wildman–Crippen MR) is 63.7 cm³/mol. The maximum atomic E-state index is 11.3. The van der Waals surface area contributed by atoms with Crippen LogP contribution >= 0.6 is 11.8 Å². The van der Waals surface area contributed by atoms with E-state index in [0.717, 1.165) is 31.6 Å². The lowest BCUT2D eigenvalue weighted by molar-refractivity contribution is -0.120. The van der Waals surface area contributed by atoms with E-state index in [4.69, 9.17) is 0 Å². The number of carbonyl (C=O) groups is 1. The van der Waals surface area contributed by atoms with Gasteiger partial charge in [-0.15, -0.1) is 0 Å². The highest BCUT2D eigenvalue weighted by Crippen LogP contribution is 2.26. The Bertz CT molecular complexity index is 179. The van der Waals surface area contributed by atoms with E-state index < -0.39 is 0 Å². The summed E-state index contributed by atoms with van der Waals surface area (Å²) in [6.45, 7) is 4.54. The Morgan fingerprint density at radius 3 is 2.93 bits per heavy atom. The third-order valence-corrected chi connectivity index (χ3v) is 4.47. The van der Waals surface area contributed by atoms with Crippen molar-refractivity contribution in [3.05, 3.63) is 0 Å². The molecule has 0 bridgehead atoms. The van der Waals surface area contributed by atoms with Gasteiger partial charge in [-0.3, -0.25) is 4.79 Å². The molecule has 0 aromatic heterocycles. The maximum absolute atomic E-state index is 11.3. The lowest BCUT2D eigenvalue weighted by Gasteiger charge is -2.09. The molecule has 0 aliphatic heterocycles. The number of rotatable bonds is 6. The zero-order chi connectivity index (χ0) is 10.4. The molecule has 1 aliphatic carbocycles. The number of hydrogen-bond donors (Lipinski definition) is 0. The molecule has 1 fully saturated rings. The summed E-state index contributed by atoms with van der Waals surface area (Å²) in [4.78, 5) is 11.3. The van der Waals surface area contributed by atoms with Gasteiger partial charge in [0.05, 0.1) is 0 Å². The molecule has 0 heterocycles. The largest absolute Gasteiger partial charge is 0.299 e. The molecule has 0 amide bonds. The Balaban J connectivity index is 2.01. The van der Waals surface area contributed by atoms with Crippen molar-refractivity contribution in [3.8, 4) is 0 Å². The van der Waals surface area contributed by atoms with Crippen molar-refractivity contribution in [1.82, 2.24) is 0 Å². The summed E-state index contributed by atoms with van der Waals surface area (Å²) in [5, 5.41) is 0. The fourth-order valence-electron chi connectivity index (χ4n) is 1.82. The Kier molecular flexibility index (Phi) is 5.61. The fourth-order valence-corrected chi connectivity index (χ4v) is 3.08. The van der Waals surface area contributed by atoms with Gasteiger partial charge in [-0.05, 0) is 36.7 Å². The molecule has 1 rings (SSSR count). The van der Waals surface area contributed by atoms with E-state index in [9.17, 15) is 4.79 Å². The minimum Gasteiger partial charge on any atom is -0.299 e. The molecule has 82 valence electrons. The second kappa shape index (κ2) is 6.49. The van der Waals surface area contributed by atoms with E-state index in [0.29, 0.717) is 11.7 Å². The quantitative estimate of drug-likeness (QED) is 0.629. The average molecular weight is 214 g/mol. The van der Waals surface area contributed by atoms with Crippen LogP contribution in [0.4, 0.5) is 0 Å². The summed E-state index contributed by atoms with van der Waals surface area (Å²) in [7, 11) is 0. The van der Waals surface area contributed by atoms with Gasteiger partial charge in [0.2, 0.25) is 0 Å². The predicted octanol–water partition coefficient (Wildman–Crippen LogP) is 3.53. The molecule has 0 spiro atoms. The summed E-state index contributed by atoms with van der Waals surface area (Å²) >= 11 is 2.02. The lowest BCUT2D eigenvalue weighted by atomic mass is 10.1. The van der Waals surface area contributed by atoms with Crippen LogP contribution < -0.4 is 0 Å². The summed E-state index contributed by atoms with van der Waals surface area (Å²) in [5.74, 6) is 4.21. The second-order valence-electron chi connectivity index (χ2n) is 4.43. The first-order chi connectivity index (χ1) is 6.74. The third-order valence-electron chi connectivity index (χ3n) is 3.14. The topological polar surface area (TPSA) is 17.1 Å². The Labute approximate surface area is 92.0 Å². The van der Waals surface area contributed by atoms with Crippen LogP contribution in [0.2, 0.25) is 0 Å². The normalized spacial score (nSPS) is 24.1. The van der Waals surface area contributed by atoms with Gasteiger partial charge in [-0.2, -0.15) is 11.8 Å². The van der Waals surface area contributed by atoms with E-state index >= 15 is 0 Å².